The van der Waals surface area contributed by atoms with Gasteiger partial charge >= 0.3 is 6.09 Å². The number of aryl methyl sites for hydroxylation is 1. The molecule has 0 saturated heterocycles. The maximum Gasteiger partial charge on any atom is 0.407 e. The van der Waals surface area contributed by atoms with Crippen LogP contribution in [0.15, 0.2) is 42.6 Å². The fourth-order valence-electron chi connectivity index (χ4n) is 2.86. The molecule has 1 heterocycles. The molecule has 0 aliphatic rings. The lowest BCUT2D eigenvalue weighted by Gasteiger charge is -2.08. The number of alkyl carbamates (subject to hydrolysis) is 1. The van der Waals surface area contributed by atoms with Crippen LogP contribution in [0.25, 0.3) is 10.9 Å². The molecule has 3 rings (SSSR count). The third-order valence-electron chi connectivity index (χ3n) is 4.18. The summed E-state index contributed by atoms with van der Waals surface area (Å²) in [6.45, 7) is 2.03. The molecule has 2 N–H and O–H groups in total. The van der Waals surface area contributed by atoms with E-state index in [2.05, 4.69) is 10.3 Å². The summed E-state index contributed by atoms with van der Waals surface area (Å²) in [6.07, 6.45) is 1.85. The first kappa shape index (κ1) is 18.7. The topological polar surface area (TPSA) is 97.3 Å². The number of hydrogen-bond acceptors (Lipinski definition) is 4. The van der Waals surface area contributed by atoms with Crippen molar-refractivity contribution in [3.8, 4) is 0 Å². The van der Waals surface area contributed by atoms with Gasteiger partial charge in [-0.1, -0.05) is 23.2 Å². The average molecular weight is 388 g/mol. The molecule has 7 nitrogen and oxygen atoms in total. The van der Waals surface area contributed by atoms with Gasteiger partial charge in [-0.05, 0) is 43.2 Å². The summed E-state index contributed by atoms with van der Waals surface area (Å²) in [5.41, 5.74) is 3.16. The van der Waals surface area contributed by atoms with Gasteiger partial charge in [-0.15, -0.1) is 0 Å². The first-order valence-corrected chi connectivity index (χ1v) is 8.72. The van der Waals surface area contributed by atoms with Gasteiger partial charge in [0.2, 0.25) is 0 Å². The number of nitrogens with one attached hydrogen (secondary N) is 2. The van der Waals surface area contributed by atoms with E-state index in [-0.39, 0.29) is 12.3 Å². The smallest absolute Gasteiger partial charge is 0.407 e. The van der Waals surface area contributed by atoms with Crippen LogP contribution in [0.4, 0.5) is 10.5 Å². The molecule has 0 atom stereocenters. The predicted octanol–water partition coefficient (Wildman–Crippen LogP) is 4.51. The largest absolute Gasteiger partial charge is 0.444 e. The second-order valence-electron chi connectivity index (χ2n) is 6.15. The predicted molar refractivity (Wildman–Crippen MR) is 103 cm³/mol. The van der Waals surface area contributed by atoms with E-state index in [1.165, 1.54) is 6.07 Å². The molecule has 0 fully saturated rings. The van der Waals surface area contributed by atoms with Gasteiger partial charge in [0.15, 0.2) is 0 Å². The molecule has 2 aromatic carbocycles. The number of aromatic nitrogens is 1. The standard InChI is InChI=1S/C19H18ClN3O4/c1-12-2-5-18(23(25)26)14(8-12)11-27-19(24)21-7-6-13-10-22-17-4-3-15(20)9-16(13)17/h2-5,8-10,22H,6-7,11H2,1H3,(H,21,24). The molecule has 27 heavy (non-hydrogen) atoms. The van der Waals surface area contributed by atoms with Crippen LogP contribution in [0.1, 0.15) is 16.7 Å². The van der Waals surface area contributed by atoms with E-state index < -0.39 is 11.0 Å². The number of rotatable bonds is 6. The lowest BCUT2D eigenvalue weighted by atomic mass is 10.1. The number of amides is 1. The normalized spacial score (nSPS) is 10.7. The Kier molecular flexibility index (Phi) is 5.61. The van der Waals surface area contributed by atoms with E-state index in [0.717, 1.165) is 22.0 Å². The van der Waals surface area contributed by atoms with Gasteiger partial charge in [0, 0.05) is 34.7 Å². The second kappa shape index (κ2) is 8.09. The summed E-state index contributed by atoms with van der Waals surface area (Å²) < 4.78 is 5.12. The van der Waals surface area contributed by atoms with Gasteiger partial charge in [-0.3, -0.25) is 10.1 Å². The van der Waals surface area contributed by atoms with E-state index in [0.29, 0.717) is 23.6 Å². The highest BCUT2D eigenvalue weighted by molar-refractivity contribution is 6.31. The Morgan fingerprint density at radius 2 is 2.07 bits per heavy atom. The third-order valence-corrected chi connectivity index (χ3v) is 4.42. The van der Waals surface area contributed by atoms with Crippen LogP contribution in [-0.2, 0) is 17.8 Å². The summed E-state index contributed by atoms with van der Waals surface area (Å²) in [5.74, 6) is 0. The first-order chi connectivity index (χ1) is 12.9. The van der Waals surface area contributed by atoms with Crippen LogP contribution in [0.5, 0.6) is 0 Å². The molecule has 8 heteroatoms. The average Bonchev–Trinajstić information content (AvgIpc) is 3.02. The number of aromatic amines is 1. The number of carbonyl (C=O) groups is 1. The summed E-state index contributed by atoms with van der Waals surface area (Å²) in [7, 11) is 0. The lowest BCUT2D eigenvalue weighted by molar-refractivity contribution is -0.385. The summed E-state index contributed by atoms with van der Waals surface area (Å²) >= 11 is 6.03. The number of fused-ring (bicyclic) bond motifs is 1. The molecule has 0 saturated carbocycles. The van der Waals surface area contributed by atoms with Crippen molar-refractivity contribution in [1.82, 2.24) is 10.3 Å². The summed E-state index contributed by atoms with van der Waals surface area (Å²) in [5, 5.41) is 15.4. The van der Waals surface area contributed by atoms with Crippen molar-refractivity contribution in [2.45, 2.75) is 20.0 Å². The quantitative estimate of drug-likeness (QED) is 0.480. The van der Waals surface area contributed by atoms with Gasteiger partial charge in [0.1, 0.15) is 6.61 Å². The van der Waals surface area contributed by atoms with E-state index in [4.69, 9.17) is 16.3 Å². The fourth-order valence-corrected chi connectivity index (χ4v) is 3.03. The molecule has 3 aromatic rings. The minimum atomic E-state index is -0.622. The van der Waals surface area contributed by atoms with Crippen molar-refractivity contribution in [2.24, 2.45) is 0 Å². The Balaban J connectivity index is 1.54. The number of H-pyrrole nitrogens is 1. The van der Waals surface area contributed by atoms with Crippen LogP contribution in [0.3, 0.4) is 0 Å². The molecule has 0 bridgehead atoms. The van der Waals surface area contributed by atoms with Gasteiger partial charge < -0.3 is 15.0 Å². The van der Waals surface area contributed by atoms with Crippen molar-refractivity contribution in [1.29, 1.82) is 0 Å². The van der Waals surface area contributed by atoms with Crippen molar-refractivity contribution < 1.29 is 14.5 Å². The number of ether oxygens (including phenoxy) is 1. The van der Waals surface area contributed by atoms with Crippen molar-refractivity contribution in [3.63, 3.8) is 0 Å². The number of benzene rings is 2. The van der Waals surface area contributed by atoms with Gasteiger partial charge in [-0.2, -0.15) is 0 Å². The van der Waals surface area contributed by atoms with E-state index in [1.54, 1.807) is 12.1 Å². The van der Waals surface area contributed by atoms with Crippen molar-refractivity contribution >= 4 is 34.3 Å². The highest BCUT2D eigenvalue weighted by Crippen LogP contribution is 2.23. The Hall–Kier alpha value is -3.06. The van der Waals surface area contributed by atoms with E-state index >= 15 is 0 Å². The molecular weight excluding hydrogens is 370 g/mol. The Labute approximate surface area is 160 Å². The number of carbonyl (C=O) groups excluding carboxylic acids is 1. The number of halogens is 1. The van der Waals surface area contributed by atoms with Gasteiger partial charge in [0.25, 0.3) is 5.69 Å². The molecule has 0 aliphatic carbocycles. The van der Waals surface area contributed by atoms with Crippen molar-refractivity contribution in [3.05, 3.63) is 74.4 Å². The Morgan fingerprint density at radius 3 is 2.85 bits per heavy atom. The monoisotopic (exact) mass is 387 g/mol. The molecule has 0 spiro atoms. The van der Waals surface area contributed by atoms with E-state index in [9.17, 15) is 14.9 Å². The summed E-state index contributed by atoms with van der Waals surface area (Å²) in [4.78, 5) is 25.6. The number of nitro groups is 1. The maximum atomic E-state index is 11.9. The minimum Gasteiger partial charge on any atom is -0.444 e. The summed E-state index contributed by atoms with van der Waals surface area (Å²) in [6, 6.07) is 10.3. The van der Waals surface area contributed by atoms with Crippen LogP contribution in [0, 0.1) is 17.0 Å². The van der Waals surface area contributed by atoms with Crippen LogP contribution in [-0.4, -0.2) is 22.5 Å². The van der Waals surface area contributed by atoms with Crippen molar-refractivity contribution in [2.75, 3.05) is 6.54 Å². The highest BCUT2D eigenvalue weighted by atomic mass is 35.5. The zero-order valence-electron chi connectivity index (χ0n) is 14.6. The SMILES string of the molecule is Cc1ccc([N+](=O)[O-])c(COC(=O)NCCc2c[nH]c3ccc(Cl)cc23)c1. The second-order valence-corrected chi connectivity index (χ2v) is 6.58. The molecule has 0 radical (unpaired) electrons. The van der Waals surface area contributed by atoms with Crippen LogP contribution in [0.2, 0.25) is 5.02 Å². The molecular formula is C19H18ClN3O4. The first-order valence-electron chi connectivity index (χ1n) is 8.34. The highest BCUT2D eigenvalue weighted by Gasteiger charge is 2.15. The molecule has 1 amide bonds. The molecule has 140 valence electrons. The van der Waals surface area contributed by atoms with Gasteiger partial charge in [0.05, 0.1) is 10.5 Å². The molecule has 0 unspecified atom stereocenters. The molecule has 1 aromatic heterocycles. The zero-order valence-corrected chi connectivity index (χ0v) is 15.4. The fraction of sp³-hybridized carbons (Fsp3) is 0.211. The molecule has 0 aliphatic heterocycles. The lowest BCUT2D eigenvalue weighted by Crippen LogP contribution is -2.26. The maximum absolute atomic E-state index is 11.9. The Morgan fingerprint density at radius 1 is 1.26 bits per heavy atom. The number of nitro benzene ring substituents is 1. The van der Waals surface area contributed by atoms with Gasteiger partial charge in [-0.25, -0.2) is 4.79 Å². The zero-order chi connectivity index (χ0) is 19.4. The van der Waals surface area contributed by atoms with Crippen LogP contribution < -0.4 is 5.32 Å². The Bertz CT molecular complexity index is 1000. The number of nitrogens with zero attached hydrogens (tertiary/aromatic N) is 1. The third kappa shape index (κ3) is 4.57. The van der Waals surface area contributed by atoms with Crippen LogP contribution >= 0.6 is 11.6 Å². The number of hydrogen-bond donors (Lipinski definition) is 2. The van der Waals surface area contributed by atoms with E-state index in [1.807, 2.05) is 31.3 Å². The minimum absolute atomic E-state index is 0.0657.